The zero-order valence-corrected chi connectivity index (χ0v) is 13.2. The molecule has 1 N–H and O–H groups in total. The maximum Gasteiger partial charge on any atom is 0.416 e. The van der Waals surface area contributed by atoms with Crippen LogP contribution in [0.15, 0.2) is 47.4 Å². The van der Waals surface area contributed by atoms with Gasteiger partial charge in [-0.15, -0.1) is 11.8 Å². The van der Waals surface area contributed by atoms with Gasteiger partial charge >= 0.3 is 6.18 Å². The maximum atomic E-state index is 13.5. The Morgan fingerprint density at radius 1 is 1.12 bits per heavy atom. The van der Waals surface area contributed by atoms with Crippen molar-refractivity contribution in [3.05, 3.63) is 65.0 Å². The molecule has 0 aromatic heterocycles. The van der Waals surface area contributed by atoms with Crippen molar-refractivity contribution in [3.63, 3.8) is 0 Å². The van der Waals surface area contributed by atoms with Crippen LogP contribution in [0.4, 0.5) is 17.6 Å². The van der Waals surface area contributed by atoms with E-state index in [9.17, 15) is 22.4 Å². The third-order valence-corrected chi connectivity index (χ3v) is 4.91. The molecule has 1 amide bonds. The lowest BCUT2D eigenvalue weighted by atomic mass is 10.0. The van der Waals surface area contributed by atoms with Gasteiger partial charge in [0.15, 0.2) is 0 Å². The Morgan fingerprint density at radius 2 is 1.83 bits per heavy atom. The molecule has 2 aromatic rings. The molecule has 3 rings (SSSR count). The van der Waals surface area contributed by atoms with Crippen molar-refractivity contribution in [2.75, 3.05) is 5.75 Å². The molecule has 1 atom stereocenters. The lowest BCUT2D eigenvalue weighted by Gasteiger charge is -2.26. The number of benzene rings is 2. The van der Waals surface area contributed by atoms with Gasteiger partial charge < -0.3 is 5.32 Å². The molecular formula is C17H13F4NOS. The number of thioether (sulfide) groups is 1. The summed E-state index contributed by atoms with van der Waals surface area (Å²) in [5.74, 6) is -0.0859. The Bertz CT molecular complexity index is 758. The van der Waals surface area contributed by atoms with Crippen molar-refractivity contribution in [1.29, 1.82) is 0 Å². The molecule has 24 heavy (non-hydrogen) atoms. The van der Waals surface area contributed by atoms with Gasteiger partial charge in [0.25, 0.3) is 5.91 Å². The van der Waals surface area contributed by atoms with Crippen LogP contribution in [-0.4, -0.2) is 11.7 Å². The average molecular weight is 355 g/mol. The van der Waals surface area contributed by atoms with Crippen LogP contribution in [-0.2, 0) is 6.18 Å². The summed E-state index contributed by atoms with van der Waals surface area (Å²) in [6.45, 7) is 0. The maximum absolute atomic E-state index is 13.5. The lowest BCUT2D eigenvalue weighted by Crippen LogP contribution is -2.30. The highest BCUT2D eigenvalue weighted by Crippen LogP contribution is 2.36. The van der Waals surface area contributed by atoms with E-state index in [2.05, 4.69) is 5.32 Å². The number of hydrogen-bond acceptors (Lipinski definition) is 2. The Morgan fingerprint density at radius 3 is 2.50 bits per heavy atom. The summed E-state index contributed by atoms with van der Waals surface area (Å²) in [6.07, 6.45) is -3.81. The van der Waals surface area contributed by atoms with Gasteiger partial charge in [0.2, 0.25) is 0 Å². The Balaban J connectivity index is 1.78. The van der Waals surface area contributed by atoms with E-state index in [0.29, 0.717) is 12.0 Å². The Hall–Kier alpha value is -2.02. The summed E-state index contributed by atoms with van der Waals surface area (Å²) in [4.78, 5) is 13.2. The van der Waals surface area contributed by atoms with Crippen molar-refractivity contribution < 1.29 is 22.4 Å². The van der Waals surface area contributed by atoms with Gasteiger partial charge in [0.1, 0.15) is 5.82 Å². The first-order chi connectivity index (χ1) is 11.3. The van der Waals surface area contributed by atoms with Gasteiger partial charge in [-0.05, 0) is 54.4 Å². The molecule has 0 fully saturated rings. The van der Waals surface area contributed by atoms with E-state index in [4.69, 9.17) is 0 Å². The fourth-order valence-corrected chi connectivity index (χ4v) is 3.67. The minimum Gasteiger partial charge on any atom is -0.345 e. The van der Waals surface area contributed by atoms with Crippen LogP contribution in [0.5, 0.6) is 0 Å². The predicted octanol–water partition coefficient (Wildman–Crippen LogP) is 4.81. The standard InChI is InChI=1S/C17H13F4NOS/c18-12-5-6-15-13(9-12)14(7-8-24-15)22-16(23)10-1-3-11(4-2-10)17(19,20)21/h1-6,9,14H,7-8H2,(H,22,23). The van der Waals surface area contributed by atoms with Crippen LogP contribution in [0.3, 0.4) is 0 Å². The molecule has 0 spiro atoms. The van der Waals surface area contributed by atoms with E-state index < -0.39 is 17.6 Å². The normalized spacial score (nSPS) is 17.2. The minimum absolute atomic E-state index is 0.138. The van der Waals surface area contributed by atoms with E-state index >= 15 is 0 Å². The molecule has 0 saturated heterocycles. The van der Waals surface area contributed by atoms with Gasteiger partial charge in [-0.2, -0.15) is 13.2 Å². The molecular weight excluding hydrogens is 342 g/mol. The zero-order chi connectivity index (χ0) is 17.3. The highest BCUT2D eigenvalue weighted by Gasteiger charge is 2.30. The van der Waals surface area contributed by atoms with Gasteiger partial charge in [0, 0.05) is 16.2 Å². The number of nitrogens with one attached hydrogen (secondary N) is 1. The summed E-state index contributed by atoms with van der Waals surface area (Å²) in [6, 6.07) is 8.10. The number of alkyl halides is 3. The molecule has 0 radical (unpaired) electrons. The average Bonchev–Trinajstić information content (AvgIpc) is 2.54. The van der Waals surface area contributed by atoms with Crippen molar-refractivity contribution in [1.82, 2.24) is 5.32 Å². The third-order valence-electron chi connectivity index (χ3n) is 3.79. The topological polar surface area (TPSA) is 29.1 Å². The second-order valence-electron chi connectivity index (χ2n) is 5.42. The highest BCUT2D eigenvalue weighted by molar-refractivity contribution is 7.99. The molecule has 1 aliphatic heterocycles. The number of halogens is 4. The smallest absolute Gasteiger partial charge is 0.345 e. The Kier molecular flexibility index (Phi) is 4.54. The number of hydrogen-bond donors (Lipinski definition) is 1. The fourth-order valence-electron chi connectivity index (χ4n) is 2.57. The van der Waals surface area contributed by atoms with Gasteiger partial charge in [-0.25, -0.2) is 4.39 Å². The van der Waals surface area contributed by atoms with E-state index in [1.54, 1.807) is 17.8 Å². The quantitative estimate of drug-likeness (QED) is 0.783. The molecule has 0 bridgehead atoms. The van der Waals surface area contributed by atoms with E-state index in [1.807, 2.05) is 0 Å². The first-order valence-electron chi connectivity index (χ1n) is 7.25. The monoisotopic (exact) mass is 355 g/mol. The number of fused-ring (bicyclic) bond motifs is 1. The lowest BCUT2D eigenvalue weighted by molar-refractivity contribution is -0.137. The molecule has 0 saturated carbocycles. The minimum atomic E-state index is -4.44. The van der Waals surface area contributed by atoms with E-state index in [-0.39, 0.29) is 17.4 Å². The third kappa shape index (κ3) is 3.56. The van der Waals surface area contributed by atoms with Crippen LogP contribution in [0.2, 0.25) is 0 Å². The van der Waals surface area contributed by atoms with E-state index in [1.165, 1.54) is 12.1 Å². The van der Waals surface area contributed by atoms with Crippen LogP contribution in [0.25, 0.3) is 0 Å². The largest absolute Gasteiger partial charge is 0.416 e. The van der Waals surface area contributed by atoms with Crippen molar-refractivity contribution in [2.45, 2.75) is 23.5 Å². The predicted molar refractivity (Wildman–Crippen MR) is 83.4 cm³/mol. The molecule has 0 aliphatic carbocycles. The number of rotatable bonds is 2. The molecule has 1 aliphatic rings. The molecule has 2 nitrogen and oxygen atoms in total. The summed E-state index contributed by atoms with van der Waals surface area (Å²) in [5.41, 5.74) is 0.0335. The zero-order valence-electron chi connectivity index (χ0n) is 12.4. The van der Waals surface area contributed by atoms with Crippen molar-refractivity contribution >= 4 is 17.7 Å². The number of carbonyl (C=O) groups is 1. The summed E-state index contributed by atoms with van der Waals surface area (Å²) in [5, 5.41) is 2.78. The SMILES string of the molecule is O=C(NC1CCSc2ccc(F)cc21)c1ccc(C(F)(F)F)cc1. The molecule has 2 aromatic carbocycles. The van der Waals surface area contributed by atoms with Crippen molar-refractivity contribution in [2.24, 2.45) is 0 Å². The summed E-state index contributed by atoms with van der Waals surface area (Å²) >= 11 is 1.59. The van der Waals surface area contributed by atoms with Crippen LogP contribution in [0.1, 0.15) is 33.9 Å². The number of carbonyl (C=O) groups excluding carboxylic acids is 1. The second kappa shape index (κ2) is 6.47. The van der Waals surface area contributed by atoms with E-state index in [0.717, 1.165) is 34.9 Å². The molecule has 1 heterocycles. The van der Waals surface area contributed by atoms with Gasteiger partial charge in [-0.1, -0.05) is 0 Å². The van der Waals surface area contributed by atoms with Crippen LogP contribution < -0.4 is 5.32 Å². The fraction of sp³-hybridized carbons (Fsp3) is 0.235. The summed E-state index contributed by atoms with van der Waals surface area (Å²) in [7, 11) is 0. The summed E-state index contributed by atoms with van der Waals surface area (Å²) < 4.78 is 51.1. The van der Waals surface area contributed by atoms with Crippen LogP contribution in [0, 0.1) is 5.82 Å². The first-order valence-corrected chi connectivity index (χ1v) is 8.23. The molecule has 7 heteroatoms. The van der Waals surface area contributed by atoms with Gasteiger partial charge in [-0.3, -0.25) is 4.79 Å². The van der Waals surface area contributed by atoms with Crippen LogP contribution >= 0.6 is 11.8 Å². The van der Waals surface area contributed by atoms with Gasteiger partial charge in [0.05, 0.1) is 11.6 Å². The van der Waals surface area contributed by atoms with Crippen molar-refractivity contribution in [3.8, 4) is 0 Å². The first kappa shape index (κ1) is 16.8. The highest BCUT2D eigenvalue weighted by atomic mass is 32.2. The molecule has 126 valence electrons. The molecule has 1 unspecified atom stereocenters. The number of amides is 1. The Labute approximate surface area is 140 Å². The second-order valence-corrected chi connectivity index (χ2v) is 6.56.